The molecule has 0 fully saturated rings. The Morgan fingerprint density at radius 2 is 1.77 bits per heavy atom. The zero-order valence-corrected chi connectivity index (χ0v) is 16.3. The fraction of sp³-hybridized carbons (Fsp3) is 0.211. The van der Waals surface area contributed by atoms with Crippen molar-refractivity contribution in [1.82, 2.24) is 9.71 Å². The van der Waals surface area contributed by atoms with E-state index in [-0.39, 0.29) is 17.0 Å². The molecule has 2 N–H and O–H groups in total. The van der Waals surface area contributed by atoms with E-state index in [1.165, 1.54) is 12.1 Å². The van der Waals surface area contributed by atoms with Crippen molar-refractivity contribution in [2.24, 2.45) is 0 Å². The van der Waals surface area contributed by atoms with Crippen LogP contribution in [0.4, 0.5) is 0 Å². The molecule has 0 radical (unpaired) electrons. The molecular weight excluding hydrogens is 372 g/mol. The topological polar surface area (TPSA) is 79.0 Å². The fourth-order valence-electron chi connectivity index (χ4n) is 2.84. The van der Waals surface area contributed by atoms with Gasteiger partial charge in [0.15, 0.2) is 0 Å². The lowest BCUT2D eigenvalue weighted by atomic mass is 10.0. The van der Waals surface area contributed by atoms with Crippen LogP contribution in [-0.4, -0.2) is 13.4 Å². The maximum absolute atomic E-state index is 12.5. The molecule has 26 heavy (non-hydrogen) atoms. The van der Waals surface area contributed by atoms with Crippen LogP contribution in [0, 0.1) is 20.8 Å². The van der Waals surface area contributed by atoms with Crippen molar-refractivity contribution in [2.45, 2.75) is 32.2 Å². The Labute approximate surface area is 157 Å². The molecule has 5 nitrogen and oxygen atoms in total. The van der Waals surface area contributed by atoms with Gasteiger partial charge in [-0.15, -0.1) is 0 Å². The average molecular weight is 391 g/mol. The third-order valence-electron chi connectivity index (χ3n) is 4.30. The molecule has 0 bridgehead atoms. The zero-order chi connectivity index (χ0) is 19.1. The molecule has 0 saturated carbocycles. The van der Waals surface area contributed by atoms with Crippen molar-refractivity contribution in [3.05, 3.63) is 74.0 Å². The van der Waals surface area contributed by atoms with Gasteiger partial charge in [0.1, 0.15) is 0 Å². The minimum Gasteiger partial charge on any atom is -0.322 e. The van der Waals surface area contributed by atoms with Gasteiger partial charge in [-0.1, -0.05) is 23.7 Å². The Bertz CT molecular complexity index is 1170. The smallest absolute Gasteiger partial charge is 0.252 e. The van der Waals surface area contributed by atoms with Crippen molar-refractivity contribution < 1.29 is 8.42 Å². The number of pyridine rings is 1. The predicted molar refractivity (Wildman–Crippen MR) is 104 cm³/mol. The largest absolute Gasteiger partial charge is 0.322 e. The number of sulfonamides is 1. The SMILES string of the molecule is Cc1cc(C)c2cc(CNS(=O)(=O)c3ccc(C)c(Cl)c3)c(=O)[nH]c2c1. The molecule has 1 heterocycles. The summed E-state index contributed by atoms with van der Waals surface area (Å²) in [7, 11) is -3.77. The van der Waals surface area contributed by atoms with Gasteiger partial charge < -0.3 is 4.98 Å². The summed E-state index contributed by atoms with van der Waals surface area (Å²) in [6.45, 7) is 5.60. The molecular formula is C19H19ClN2O3S. The van der Waals surface area contributed by atoms with Crippen molar-refractivity contribution in [2.75, 3.05) is 0 Å². The summed E-state index contributed by atoms with van der Waals surface area (Å²) in [6.07, 6.45) is 0. The second-order valence-electron chi connectivity index (χ2n) is 6.40. The van der Waals surface area contributed by atoms with E-state index in [9.17, 15) is 13.2 Å². The molecule has 0 aliphatic heterocycles. The van der Waals surface area contributed by atoms with Gasteiger partial charge in [0.25, 0.3) is 5.56 Å². The third-order valence-corrected chi connectivity index (χ3v) is 6.10. The summed E-state index contributed by atoms with van der Waals surface area (Å²) < 4.78 is 27.4. The summed E-state index contributed by atoms with van der Waals surface area (Å²) in [4.78, 5) is 15.2. The van der Waals surface area contributed by atoms with Crippen LogP contribution in [0.15, 0.2) is 46.1 Å². The van der Waals surface area contributed by atoms with Crippen LogP contribution < -0.4 is 10.3 Å². The van der Waals surface area contributed by atoms with Gasteiger partial charge in [0.2, 0.25) is 10.0 Å². The summed E-state index contributed by atoms with van der Waals surface area (Å²) in [5.41, 5.74) is 3.64. The Kier molecular flexibility index (Phi) is 4.92. The number of hydrogen-bond donors (Lipinski definition) is 2. The molecule has 0 atom stereocenters. The van der Waals surface area contributed by atoms with E-state index in [0.29, 0.717) is 10.6 Å². The second kappa shape index (κ2) is 6.87. The normalized spacial score (nSPS) is 11.8. The first-order chi connectivity index (χ1) is 12.2. The van der Waals surface area contributed by atoms with Crippen molar-refractivity contribution >= 4 is 32.5 Å². The lowest BCUT2D eigenvalue weighted by Gasteiger charge is -2.10. The number of aromatic amines is 1. The van der Waals surface area contributed by atoms with E-state index in [1.807, 2.05) is 26.0 Å². The van der Waals surface area contributed by atoms with E-state index < -0.39 is 10.0 Å². The second-order valence-corrected chi connectivity index (χ2v) is 8.58. The van der Waals surface area contributed by atoms with E-state index in [1.54, 1.807) is 19.1 Å². The highest BCUT2D eigenvalue weighted by molar-refractivity contribution is 7.89. The van der Waals surface area contributed by atoms with Crippen molar-refractivity contribution in [1.29, 1.82) is 0 Å². The van der Waals surface area contributed by atoms with Crippen LogP contribution >= 0.6 is 11.6 Å². The lowest BCUT2D eigenvalue weighted by molar-refractivity contribution is 0.581. The highest BCUT2D eigenvalue weighted by Crippen LogP contribution is 2.21. The summed E-state index contributed by atoms with van der Waals surface area (Å²) in [6, 6.07) is 10.2. The Morgan fingerprint density at radius 1 is 1.04 bits per heavy atom. The molecule has 0 spiro atoms. The molecule has 0 unspecified atom stereocenters. The summed E-state index contributed by atoms with van der Waals surface area (Å²) >= 11 is 6.01. The predicted octanol–water partition coefficient (Wildman–Crippen LogP) is 3.59. The van der Waals surface area contributed by atoms with Crippen LogP contribution in [-0.2, 0) is 16.6 Å². The van der Waals surface area contributed by atoms with Crippen LogP contribution in [0.3, 0.4) is 0 Å². The van der Waals surface area contributed by atoms with Gasteiger partial charge >= 0.3 is 0 Å². The lowest BCUT2D eigenvalue weighted by Crippen LogP contribution is -2.27. The first-order valence-electron chi connectivity index (χ1n) is 8.06. The van der Waals surface area contributed by atoms with E-state index in [4.69, 9.17) is 11.6 Å². The van der Waals surface area contributed by atoms with Crippen molar-refractivity contribution in [3.63, 3.8) is 0 Å². The molecule has 0 amide bonds. The molecule has 2 aromatic carbocycles. The monoisotopic (exact) mass is 390 g/mol. The van der Waals surface area contributed by atoms with E-state index >= 15 is 0 Å². The Hall–Kier alpha value is -2.15. The molecule has 3 aromatic rings. The number of benzene rings is 2. The number of H-pyrrole nitrogens is 1. The number of halogens is 1. The first-order valence-corrected chi connectivity index (χ1v) is 9.92. The van der Waals surface area contributed by atoms with E-state index in [2.05, 4.69) is 9.71 Å². The maximum atomic E-state index is 12.5. The fourth-order valence-corrected chi connectivity index (χ4v) is 4.12. The van der Waals surface area contributed by atoms with Crippen LogP contribution in [0.25, 0.3) is 10.9 Å². The number of nitrogens with one attached hydrogen (secondary N) is 2. The van der Waals surface area contributed by atoms with Crippen LogP contribution in [0.2, 0.25) is 5.02 Å². The van der Waals surface area contributed by atoms with Crippen molar-refractivity contribution in [3.8, 4) is 0 Å². The van der Waals surface area contributed by atoms with Gasteiger partial charge in [0, 0.05) is 28.0 Å². The molecule has 1 aromatic heterocycles. The van der Waals surface area contributed by atoms with E-state index in [0.717, 1.165) is 27.6 Å². The zero-order valence-electron chi connectivity index (χ0n) is 14.7. The third kappa shape index (κ3) is 3.67. The first kappa shape index (κ1) is 18.6. The number of aryl methyl sites for hydroxylation is 3. The van der Waals surface area contributed by atoms with Gasteiger partial charge in [-0.25, -0.2) is 13.1 Å². The summed E-state index contributed by atoms with van der Waals surface area (Å²) in [5, 5.41) is 1.27. The quantitative estimate of drug-likeness (QED) is 0.714. The summed E-state index contributed by atoms with van der Waals surface area (Å²) in [5.74, 6) is 0. The van der Waals surface area contributed by atoms with Gasteiger partial charge in [0.05, 0.1) is 4.90 Å². The highest BCUT2D eigenvalue weighted by Gasteiger charge is 2.16. The minimum atomic E-state index is -3.77. The van der Waals surface area contributed by atoms with Gasteiger partial charge in [-0.05, 0) is 61.7 Å². The molecule has 0 aliphatic rings. The van der Waals surface area contributed by atoms with Crippen LogP contribution in [0.1, 0.15) is 22.3 Å². The number of fused-ring (bicyclic) bond motifs is 1. The Morgan fingerprint density at radius 3 is 2.46 bits per heavy atom. The molecule has 3 rings (SSSR count). The number of hydrogen-bond acceptors (Lipinski definition) is 3. The Balaban J connectivity index is 1.92. The average Bonchev–Trinajstić information content (AvgIpc) is 2.55. The number of aromatic nitrogens is 1. The molecule has 7 heteroatoms. The minimum absolute atomic E-state index is 0.0668. The standard InChI is InChI=1S/C19H19ClN2O3S/c1-11-6-13(3)16-8-14(19(23)22-18(16)7-11)10-21-26(24,25)15-5-4-12(2)17(20)9-15/h4-9,21H,10H2,1-3H3,(H,22,23). The molecule has 136 valence electrons. The molecule has 0 aliphatic carbocycles. The number of rotatable bonds is 4. The highest BCUT2D eigenvalue weighted by atomic mass is 35.5. The maximum Gasteiger partial charge on any atom is 0.252 e. The van der Waals surface area contributed by atoms with Gasteiger partial charge in [-0.3, -0.25) is 4.79 Å². The van der Waals surface area contributed by atoms with Crippen LogP contribution in [0.5, 0.6) is 0 Å². The molecule has 0 saturated heterocycles. The van der Waals surface area contributed by atoms with Gasteiger partial charge in [-0.2, -0.15) is 0 Å².